The minimum absolute atomic E-state index is 0.0677. The lowest BCUT2D eigenvalue weighted by Gasteiger charge is -2.28. The van der Waals surface area contributed by atoms with Crippen molar-refractivity contribution in [3.05, 3.63) is 42.0 Å². The molecule has 10 heteroatoms. The Hall–Kier alpha value is -3.14. The fourth-order valence-electron chi connectivity index (χ4n) is 4.35. The first kappa shape index (κ1) is 26.9. The quantitative estimate of drug-likeness (QED) is 0.513. The van der Waals surface area contributed by atoms with E-state index in [-0.39, 0.29) is 23.1 Å². The molecular formula is C27H34F2N4O4. The van der Waals surface area contributed by atoms with Gasteiger partial charge >= 0.3 is 0 Å². The molecule has 37 heavy (non-hydrogen) atoms. The lowest BCUT2D eigenvalue weighted by Crippen LogP contribution is -2.32. The summed E-state index contributed by atoms with van der Waals surface area (Å²) >= 11 is 0. The van der Waals surface area contributed by atoms with E-state index >= 15 is 0 Å². The molecular weight excluding hydrogens is 482 g/mol. The number of benzene rings is 1. The highest BCUT2D eigenvalue weighted by molar-refractivity contribution is 5.90. The van der Waals surface area contributed by atoms with Crippen LogP contribution in [0.5, 0.6) is 5.75 Å². The summed E-state index contributed by atoms with van der Waals surface area (Å²) in [6.45, 7) is 6.10. The van der Waals surface area contributed by atoms with E-state index in [1.165, 1.54) is 24.5 Å². The number of amides is 1. The van der Waals surface area contributed by atoms with Crippen LogP contribution in [-0.2, 0) is 9.53 Å². The monoisotopic (exact) mass is 516 g/mol. The van der Waals surface area contributed by atoms with Gasteiger partial charge < -0.3 is 19.3 Å². The van der Waals surface area contributed by atoms with Crippen LogP contribution in [0.2, 0.25) is 0 Å². The first-order chi connectivity index (χ1) is 17.8. The van der Waals surface area contributed by atoms with Gasteiger partial charge in [-0.2, -0.15) is 0 Å². The Morgan fingerprint density at radius 1 is 1.05 bits per heavy atom. The van der Waals surface area contributed by atoms with E-state index in [0.717, 1.165) is 51.6 Å². The smallest absolute Gasteiger partial charge is 0.293 e. The van der Waals surface area contributed by atoms with Crippen LogP contribution in [0.15, 0.2) is 24.5 Å². The van der Waals surface area contributed by atoms with Crippen molar-refractivity contribution in [2.45, 2.75) is 51.0 Å². The summed E-state index contributed by atoms with van der Waals surface area (Å²) in [6.07, 6.45) is 8.78. The predicted molar refractivity (Wildman–Crippen MR) is 133 cm³/mol. The molecule has 2 saturated heterocycles. The van der Waals surface area contributed by atoms with Crippen LogP contribution in [-0.4, -0.2) is 77.6 Å². The van der Waals surface area contributed by atoms with Gasteiger partial charge in [0.2, 0.25) is 5.82 Å². The van der Waals surface area contributed by atoms with Crippen molar-refractivity contribution in [2.75, 3.05) is 39.8 Å². The van der Waals surface area contributed by atoms with E-state index in [1.807, 2.05) is 6.92 Å². The van der Waals surface area contributed by atoms with Crippen LogP contribution in [0.3, 0.4) is 0 Å². The first-order valence-corrected chi connectivity index (χ1v) is 12.8. The maximum absolute atomic E-state index is 14.5. The van der Waals surface area contributed by atoms with Crippen LogP contribution >= 0.6 is 0 Å². The summed E-state index contributed by atoms with van der Waals surface area (Å²) in [5.74, 6) is -1.67. The zero-order valence-electron chi connectivity index (χ0n) is 21.4. The number of nitrogens with zero attached hydrogens (tertiary/aromatic N) is 4. The van der Waals surface area contributed by atoms with Gasteiger partial charge in [-0.3, -0.25) is 9.59 Å². The largest absolute Gasteiger partial charge is 0.487 e. The summed E-state index contributed by atoms with van der Waals surface area (Å²) in [6, 6.07) is 2.43. The van der Waals surface area contributed by atoms with Crippen molar-refractivity contribution in [1.82, 2.24) is 19.8 Å². The predicted octanol–water partition coefficient (Wildman–Crippen LogP) is 4.09. The number of aromatic nitrogens is 2. The van der Waals surface area contributed by atoms with Crippen LogP contribution in [0.25, 0.3) is 11.1 Å². The van der Waals surface area contributed by atoms with E-state index < -0.39 is 11.6 Å². The SMILES string of the molecule is CC1(OC=O)CC1.CN1CCC(COc2c(F)cc(-c3cnc(C(=O)N4CCCC4)nc3)cc2F)CC1. The fraction of sp³-hybridized carbons (Fsp3) is 0.556. The zero-order chi connectivity index (χ0) is 26.4. The Labute approximate surface area is 216 Å². The van der Waals surface area contributed by atoms with Crippen molar-refractivity contribution < 1.29 is 27.8 Å². The molecule has 1 aromatic carbocycles. The van der Waals surface area contributed by atoms with E-state index in [4.69, 9.17) is 4.74 Å². The number of hydrogen-bond donors (Lipinski definition) is 0. The number of hydrogen-bond acceptors (Lipinski definition) is 7. The van der Waals surface area contributed by atoms with Gasteiger partial charge in [0.1, 0.15) is 5.60 Å². The van der Waals surface area contributed by atoms with Crippen molar-refractivity contribution in [3.8, 4) is 16.9 Å². The third-order valence-corrected chi connectivity index (χ3v) is 7.16. The summed E-state index contributed by atoms with van der Waals surface area (Å²) in [5, 5.41) is 0. The second-order valence-corrected chi connectivity index (χ2v) is 10.3. The molecule has 3 heterocycles. The number of likely N-dealkylation sites (tertiary alicyclic amines) is 2. The van der Waals surface area contributed by atoms with E-state index in [2.05, 4.69) is 26.7 Å². The van der Waals surface area contributed by atoms with Gasteiger partial charge in [-0.05, 0) is 89.2 Å². The minimum Gasteiger partial charge on any atom is -0.487 e. The standard InChI is InChI=1S/C22H26F2N4O2.C5H8O2/c1-27-8-4-15(5-9-27)14-30-20-18(23)10-16(11-19(20)24)17-12-25-21(26-13-17)22(29)28-6-2-3-7-28;1-5(2-3-5)7-4-6/h10-13,15H,2-9,14H2,1H3;4H,2-3H2,1H3. The molecule has 0 N–H and O–H groups in total. The molecule has 1 aliphatic carbocycles. The Kier molecular flexibility index (Phi) is 8.68. The number of carbonyl (C=O) groups excluding carboxylic acids is 2. The van der Waals surface area contributed by atoms with Gasteiger partial charge in [0.25, 0.3) is 12.4 Å². The Morgan fingerprint density at radius 2 is 1.65 bits per heavy atom. The van der Waals surface area contributed by atoms with Gasteiger partial charge in [0.05, 0.1) is 6.61 Å². The molecule has 3 fully saturated rings. The molecule has 1 saturated carbocycles. The average Bonchev–Trinajstić information content (AvgIpc) is 3.37. The molecule has 1 amide bonds. The summed E-state index contributed by atoms with van der Waals surface area (Å²) in [7, 11) is 2.06. The molecule has 0 unspecified atom stereocenters. The number of piperidine rings is 1. The molecule has 0 bridgehead atoms. The number of ether oxygens (including phenoxy) is 2. The average molecular weight is 517 g/mol. The van der Waals surface area contributed by atoms with Gasteiger partial charge in [0.15, 0.2) is 17.4 Å². The highest BCUT2D eigenvalue weighted by Crippen LogP contribution is 2.37. The second-order valence-electron chi connectivity index (χ2n) is 10.3. The highest BCUT2D eigenvalue weighted by Gasteiger charge is 2.39. The summed E-state index contributed by atoms with van der Waals surface area (Å²) in [5.41, 5.74) is 0.673. The van der Waals surface area contributed by atoms with Gasteiger partial charge in [-0.15, -0.1) is 0 Å². The lowest BCUT2D eigenvalue weighted by atomic mass is 9.98. The third kappa shape index (κ3) is 7.21. The molecule has 8 nitrogen and oxygen atoms in total. The molecule has 0 atom stereocenters. The second kappa shape index (κ2) is 11.9. The van der Waals surface area contributed by atoms with E-state index in [0.29, 0.717) is 43.2 Å². The van der Waals surface area contributed by atoms with Gasteiger partial charge in [0, 0.05) is 31.0 Å². The normalized spacial score (nSPS) is 19.1. The molecule has 0 radical (unpaired) electrons. The van der Waals surface area contributed by atoms with Crippen LogP contribution < -0.4 is 4.74 Å². The molecule has 3 aliphatic rings. The lowest BCUT2D eigenvalue weighted by molar-refractivity contribution is -0.134. The number of rotatable bonds is 7. The molecule has 2 aromatic rings. The highest BCUT2D eigenvalue weighted by atomic mass is 19.1. The zero-order valence-corrected chi connectivity index (χ0v) is 21.4. The maximum atomic E-state index is 14.5. The van der Waals surface area contributed by atoms with Crippen molar-refractivity contribution in [3.63, 3.8) is 0 Å². The van der Waals surface area contributed by atoms with Gasteiger partial charge in [-0.1, -0.05) is 0 Å². The molecule has 0 spiro atoms. The van der Waals surface area contributed by atoms with E-state index in [1.54, 1.807) is 4.90 Å². The molecule has 1 aromatic heterocycles. The van der Waals surface area contributed by atoms with Crippen molar-refractivity contribution in [2.24, 2.45) is 5.92 Å². The van der Waals surface area contributed by atoms with Crippen molar-refractivity contribution >= 4 is 12.4 Å². The number of halogens is 2. The Bertz CT molecular complexity index is 1060. The Morgan fingerprint density at radius 3 is 2.16 bits per heavy atom. The molecule has 5 rings (SSSR count). The topological polar surface area (TPSA) is 84.9 Å². The number of carbonyl (C=O) groups is 2. The fourth-order valence-corrected chi connectivity index (χ4v) is 4.35. The minimum atomic E-state index is -0.754. The summed E-state index contributed by atoms with van der Waals surface area (Å²) in [4.78, 5) is 34.1. The third-order valence-electron chi connectivity index (χ3n) is 7.16. The van der Waals surface area contributed by atoms with Crippen molar-refractivity contribution in [1.29, 1.82) is 0 Å². The van der Waals surface area contributed by atoms with E-state index in [9.17, 15) is 18.4 Å². The molecule has 200 valence electrons. The first-order valence-electron chi connectivity index (χ1n) is 12.8. The maximum Gasteiger partial charge on any atom is 0.293 e. The summed E-state index contributed by atoms with van der Waals surface area (Å²) < 4.78 is 39.3. The van der Waals surface area contributed by atoms with Gasteiger partial charge in [-0.25, -0.2) is 18.7 Å². The van der Waals surface area contributed by atoms with Crippen LogP contribution in [0.4, 0.5) is 8.78 Å². The molecule has 2 aliphatic heterocycles. The van der Waals surface area contributed by atoms with Crippen LogP contribution in [0, 0.1) is 17.6 Å². The van der Waals surface area contributed by atoms with Crippen LogP contribution in [0.1, 0.15) is 56.1 Å². The Balaban J connectivity index is 0.000000396.